The summed E-state index contributed by atoms with van der Waals surface area (Å²) in [6.07, 6.45) is 2.22. The molecule has 0 saturated heterocycles. The molecule has 8 heteroatoms. The number of carbonyl (C=O) groups excluding carboxylic acids is 1. The lowest BCUT2D eigenvalue weighted by Crippen LogP contribution is -2.11. The number of methoxy groups -OCH3 is 1. The lowest BCUT2D eigenvalue weighted by molar-refractivity contribution is -0.385. The van der Waals surface area contributed by atoms with E-state index in [2.05, 4.69) is 4.74 Å². The lowest BCUT2D eigenvalue weighted by Gasteiger charge is -2.11. The SMILES string of the molecule is CCCCc1ccc(C(=O)OC)c([N+](=O)[O-])c1CS(=O)O. The minimum absolute atomic E-state index is 0.122. The molecule has 0 radical (unpaired) electrons. The van der Waals surface area contributed by atoms with Gasteiger partial charge in [-0.1, -0.05) is 19.4 Å². The highest BCUT2D eigenvalue weighted by atomic mass is 32.2. The van der Waals surface area contributed by atoms with Crippen LogP contribution in [0.3, 0.4) is 0 Å². The number of benzene rings is 1. The molecule has 1 N–H and O–H groups in total. The molecule has 1 rings (SSSR count). The van der Waals surface area contributed by atoms with E-state index in [1.54, 1.807) is 6.07 Å². The van der Waals surface area contributed by atoms with Crippen molar-refractivity contribution in [3.63, 3.8) is 0 Å². The maximum absolute atomic E-state index is 11.6. The van der Waals surface area contributed by atoms with Crippen LogP contribution in [0.25, 0.3) is 0 Å². The molecule has 1 atom stereocenters. The van der Waals surface area contributed by atoms with Crippen molar-refractivity contribution < 1.29 is 23.2 Å². The summed E-state index contributed by atoms with van der Waals surface area (Å²) in [6, 6.07) is 2.91. The van der Waals surface area contributed by atoms with Crippen molar-refractivity contribution in [3.05, 3.63) is 38.9 Å². The third kappa shape index (κ3) is 4.33. The van der Waals surface area contributed by atoms with Gasteiger partial charge in [0.1, 0.15) is 5.56 Å². The van der Waals surface area contributed by atoms with Crippen LogP contribution in [0.1, 0.15) is 41.3 Å². The van der Waals surface area contributed by atoms with Crippen LogP contribution in [0.2, 0.25) is 0 Å². The Labute approximate surface area is 124 Å². The first-order valence-electron chi connectivity index (χ1n) is 6.37. The van der Waals surface area contributed by atoms with Gasteiger partial charge in [0.05, 0.1) is 17.8 Å². The van der Waals surface area contributed by atoms with Gasteiger partial charge in [0.25, 0.3) is 5.69 Å². The van der Waals surface area contributed by atoms with E-state index in [0.717, 1.165) is 20.0 Å². The van der Waals surface area contributed by atoms with E-state index >= 15 is 0 Å². The van der Waals surface area contributed by atoms with Crippen LogP contribution in [-0.2, 0) is 28.0 Å². The Morgan fingerprint density at radius 3 is 2.62 bits per heavy atom. The summed E-state index contributed by atoms with van der Waals surface area (Å²) in [7, 11) is 1.13. The fraction of sp³-hybridized carbons (Fsp3) is 0.462. The van der Waals surface area contributed by atoms with E-state index in [1.165, 1.54) is 6.07 Å². The van der Waals surface area contributed by atoms with Gasteiger partial charge in [-0.2, -0.15) is 0 Å². The van der Waals surface area contributed by atoms with Gasteiger partial charge in [-0.25, -0.2) is 9.00 Å². The molecule has 1 aromatic rings. The fourth-order valence-electron chi connectivity index (χ4n) is 2.05. The van der Waals surface area contributed by atoms with Crippen LogP contribution in [0.15, 0.2) is 12.1 Å². The normalized spacial score (nSPS) is 12.0. The third-order valence-electron chi connectivity index (χ3n) is 3.04. The molecule has 0 fully saturated rings. The number of nitrogens with zero attached hydrogens (tertiary/aromatic N) is 1. The summed E-state index contributed by atoms with van der Waals surface area (Å²) in [5, 5.41) is 11.3. The summed E-state index contributed by atoms with van der Waals surface area (Å²) in [5.41, 5.74) is 0.0804. The van der Waals surface area contributed by atoms with Crippen LogP contribution in [0.5, 0.6) is 0 Å². The van der Waals surface area contributed by atoms with E-state index in [-0.39, 0.29) is 16.9 Å². The molecule has 0 spiro atoms. The van der Waals surface area contributed by atoms with Crippen LogP contribution >= 0.6 is 0 Å². The third-order valence-corrected chi connectivity index (χ3v) is 3.57. The van der Waals surface area contributed by atoms with Crippen molar-refractivity contribution >= 4 is 22.7 Å². The molecule has 21 heavy (non-hydrogen) atoms. The molecule has 0 saturated carbocycles. The first kappa shape index (κ1) is 17.3. The van der Waals surface area contributed by atoms with Gasteiger partial charge in [0, 0.05) is 5.56 Å². The molecular formula is C13H17NO6S. The molecule has 0 aliphatic carbocycles. The second-order valence-corrected chi connectivity index (χ2v) is 5.35. The molecule has 0 heterocycles. The standard InChI is InChI=1S/C13H17NO6S/c1-3-4-5-9-6-7-10(13(15)20-2)12(14(16)17)11(9)8-21(18)19/h6-7H,3-5,8H2,1-2H3,(H,18,19). The van der Waals surface area contributed by atoms with Gasteiger partial charge in [-0.15, -0.1) is 0 Å². The second-order valence-electron chi connectivity index (χ2n) is 4.42. The number of nitro groups is 1. The lowest BCUT2D eigenvalue weighted by atomic mass is 9.98. The zero-order valence-corrected chi connectivity index (χ0v) is 12.6. The summed E-state index contributed by atoms with van der Waals surface area (Å²) in [5.74, 6) is -1.23. The molecule has 0 aliphatic heterocycles. The van der Waals surface area contributed by atoms with Gasteiger partial charge >= 0.3 is 5.97 Å². The topological polar surface area (TPSA) is 107 Å². The Morgan fingerprint density at radius 2 is 2.14 bits per heavy atom. The molecule has 7 nitrogen and oxygen atoms in total. The number of hydrogen-bond donors (Lipinski definition) is 1. The van der Waals surface area contributed by atoms with Crippen molar-refractivity contribution in [2.75, 3.05) is 7.11 Å². The zero-order chi connectivity index (χ0) is 16.0. The van der Waals surface area contributed by atoms with Crippen molar-refractivity contribution in [2.24, 2.45) is 0 Å². The van der Waals surface area contributed by atoms with E-state index in [4.69, 9.17) is 4.55 Å². The molecule has 0 bridgehead atoms. The number of carbonyl (C=O) groups is 1. The monoisotopic (exact) mass is 315 g/mol. The molecule has 1 unspecified atom stereocenters. The minimum Gasteiger partial charge on any atom is -0.465 e. The van der Waals surface area contributed by atoms with Gasteiger partial charge in [0.15, 0.2) is 11.1 Å². The molecule has 0 aromatic heterocycles. The van der Waals surface area contributed by atoms with E-state index in [0.29, 0.717) is 12.0 Å². The molecule has 0 aliphatic rings. The van der Waals surface area contributed by atoms with Crippen LogP contribution in [-0.4, -0.2) is 26.8 Å². The number of ether oxygens (including phenoxy) is 1. The first-order valence-corrected chi connectivity index (χ1v) is 7.64. The van der Waals surface area contributed by atoms with Gasteiger partial charge < -0.3 is 9.29 Å². The summed E-state index contributed by atoms with van der Waals surface area (Å²) in [4.78, 5) is 22.2. The Kier molecular flexibility index (Phi) is 6.44. The van der Waals surface area contributed by atoms with Crippen molar-refractivity contribution in [3.8, 4) is 0 Å². The van der Waals surface area contributed by atoms with E-state index < -0.39 is 27.7 Å². The number of nitro benzene ring substituents is 1. The number of hydrogen-bond acceptors (Lipinski definition) is 5. The summed E-state index contributed by atoms with van der Waals surface area (Å²) in [6.45, 7) is 1.97. The maximum atomic E-state index is 11.6. The highest BCUT2D eigenvalue weighted by Crippen LogP contribution is 2.30. The predicted molar refractivity (Wildman–Crippen MR) is 77.5 cm³/mol. The Bertz CT molecular complexity index is 572. The van der Waals surface area contributed by atoms with Gasteiger partial charge in [0.2, 0.25) is 0 Å². The molecule has 0 amide bonds. The van der Waals surface area contributed by atoms with Crippen LogP contribution in [0.4, 0.5) is 5.69 Å². The summed E-state index contributed by atoms with van der Waals surface area (Å²) < 4.78 is 24.7. The number of aryl methyl sites for hydroxylation is 1. The first-order chi connectivity index (χ1) is 9.92. The van der Waals surface area contributed by atoms with E-state index in [1.807, 2.05) is 6.92 Å². The molecule has 1 aromatic carbocycles. The fourth-order valence-corrected chi connectivity index (χ4v) is 2.62. The smallest absolute Gasteiger partial charge is 0.344 e. The average molecular weight is 315 g/mol. The Balaban J connectivity index is 3.49. The Hall–Kier alpha value is -1.80. The number of rotatable bonds is 7. The average Bonchev–Trinajstić information content (AvgIpc) is 2.43. The van der Waals surface area contributed by atoms with Crippen LogP contribution < -0.4 is 0 Å². The predicted octanol–water partition coefficient (Wildman–Crippen LogP) is 2.45. The van der Waals surface area contributed by atoms with Gasteiger partial charge in [-0.05, 0) is 24.5 Å². The quantitative estimate of drug-likeness (QED) is 0.358. The zero-order valence-electron chi connectivity index (χ0n) is 11.8. The number of esters is 1. The van der Waals surface area contributed by atoms with Gasteiger partial charge in [-0.3, -0.25) is 10.1 Å². The summed E-state index contributed by atoms with van der Waals surface area (Å²) >= 11 is -2.24. The van der Waals surface area contributed by atoms with Crippen molar-refractivity contribution in [2.45, 2.75) is 31.9 Å². The largest absolute Gasteiger partial charge is 0.465 e. The molecule has 116 valence electrons. The number of unbranched alkanes of at least 4 members (excludes halogenated alkanes) is 1. The molecular weight excluding hydrogens is 298 g/mol. The minimum atomic E-state index is -2.24. The maximum Gasteiger partial charge on any atom is 0.344 e. The van der Waals surface area contributed by atoms with E-state index in [9.17, 15) is 19.1 Å². The van der Waals surface area contributed by atoms with Crippen molar-refractivity contribution in [1.82, 2.24) is 0 Å². The highest BCUT2D eigenvalue weighted by molar-refractivity contribution is 7.78. The Morgan fingerprint density at radius 1 is 1.48 bits per heavy atom. The van der Waals surface area contributed by atoms with Crippen LogP contribution in [0, 0.1) is 10.1 Å². The second kappa shape index (κ2) is 7.84. The van der Waals surface area contributed by atoms with Crippen molar-refractivity contribution in [1.29, 1.82) is 0 Å². The highest BCUT2D eigenvalue weighted by Gasteiger charge is 2.28.